The van der Waals surface area contributed by atoms with Gasteiger partial charge in [0.1, 0.15) is 5.75 Å². The van der Waals surface area contributed by atoms with Gasteiger partial charge in [-0.1, -0.05) is 12.1 Å². The molecule has 1 aliphatic heterocycles. The van der Waals surface area contributed by atoms with Crippen LogP contribution >= 0.6 is 0 Å². The van der Waals surface area contributed by atoms with Gasteiger partial charge in [-0.15, -0.1) is 0 Å². The largest absolute Gasteiger partial charge is 0.496 e. The molecule has 1 aliphatic rings. The van der Waals surface area contributed by atoms with Crippen LogP contribution in [-0.2, 0) is 0 Å². The van der Waals surface area contributed by atoms with Gasteiger partial charge in [-0.05, 0) is 25.1 Å². The first-order valence-electron chi connectivity index (χ1n) is 7.16. The standard InChI is InChI=1S/C16H19N3O2/c1-20-15-5-3-2-4-14(15)16-18-9-13(10-19-16)21-11-12-6-7-17-8-12/h2-5,9-10,12,17H,6-8,11H2,1H3. The molecule has 5 heteroatoms. The van der Waals surface area contributed by atoms with Crippen LogP contribution in [0.25, 0.3) is 11.4 Å². The highest BCUT2D eigenvalue weighted by molar-refractivity contribution is 5.63. The van der Waals surface area contributed by atoms with Crippen molar-refractivity contribution >= 4 is 0 Å². The van der Waals surface area contributed by atoms with Crippen LogP contribution in [0, 0.1) is 5.92 Å². The summed E-state index contributed by atoms with van der Waals surface area (Å²) in [5.74, 6) is 2.70. The second kappa shape index (κ2) is 6.54. The molecule has 1 atom stereocenters. The molecule has 1 aromatic heterocycles. The van der Waals surface area contributed by atoms with E-state index in [1.165, 1.54) is 6.42 Å². The van der Waals surface area contributed by atoms with Crippen LogP contribution in [0.5, 0.6) is 11.5 Å². The molecule has 0 aliphatic carbocycles. The second-order valence-electron chi connectivity index (χ2n) is 5.11. The molecule has 110 valence electrons. The zero-order valence-electron chi connectivity index (χ0n) is 12.1. The Bertz CT molecular complexity index is 580. The predicted molar refractivity (Wildman–Crippen MR) is 80.5 cm³/mol. The van der Waals surface area contributed by atoms with E-state index in [1.54, 1.807) is 19.5 Å². The number of hydrogen-bond acceptors (Lipinski definition) is 5. The summed E-state index contributed by atoms with van der Waals surface area (Å²) < 4.78 is 11.1. The lowest BCUT2D eigenvalue weighted by molar-refractivity contribution is 0.258. The molecule has 0 bridgehead atoms. The fraction of sp³-hybridized carbons (Fsp3) is 0.375. The molecule has 2 aromatic rings. The molecule has 1 unspecified atom stereocenters. The third kappa shape index (κ3) is 3.31. The lowest BCUT2D eigenvalue weighted by atomic mass is 10.1. The molecule has 1 saturated heterocycles. The summed E-state index contributed by atoms with van der Waals surface area (Å²) in [6.07, 6.45) is 4.61. The van der Waals surface area contributed by atoms with Crippen molar-refractivity contribution in [1.29, 1.82) is 0 Å². The van der Waals surface area contributed by atoms with E-state index >= 15 is 0 Å². The van der Waals surface area contributed by atoms with Crippen molar-refractivity contribution in [3.8, 4) is 22.9 Å². The number of ether oxygens (including phenoxy) is 2. The number of para-hydroxylation sites is 1. The molecule has 5 nitrogen and oxygen atoms in total. The average molecular weight is 285 g/mol. The van der Waals surface area contributed by atoms with E-state index in [9.17, 15) is 0 Å². The van der Waals surface area contributed by atoms with Crippen molar-refractivity contribution in [1.82, 2.24) is 15.3 Å². The van der Waals surface area contributed by atoms with Gasteiger partial charge in [0.15, 0.2) is 11.6 Å². The van der Waals surface area contributed by atoms with Crippen molar-refractivity contribution in [2.24, 2.45) is 5.92 Å². The molecule has 1 N–H and O–H groups in total. The summed E-state index contributed by atoms with van der Waals surface area (Å²) in [6.45, 7) is 2.82. The molecule has 0 spiro atoms. The van der Waals surface area contributed by atoms with Crippen molar-refractivity contribution in [3.05, 3.63) is 36.7 Å². The van der Waals surface area contributed by atoms with Crippen LogP contribution in [0.1, 0.15) is 6.42 Å². The summed E-state index contributed by atoms with van der Waals surface area (Å²) in [5.41, 5.74) is 0.881. The first kappa shape index (κ1) is 13.8. The van der Waals surface area contributed by atoms with E-state index in [1.807, 2.05) is 24.3 Å². The minimum Gasteiger partial charge on any atom is -0.496 e. The summed E-state index contributed by atoms with van der Waals surface area (Å²) in [4.78, 5) is 8.74. The molecule has 1 fully saturated rings. The number of hydrogen-bond donors (Lipinski definition) is 1. The molecule has 0 saturated carbocycles. The van der Waals surface area contributed by atoms with Gasteiger partial charge in [-0.25, -0.2) is 9.97 Å². The maximum absolute atomic E-state index is 5.74. The fourth-order valence-electron chi connectivity index (χ4n) is 2.43. The van der Waals surface area contributed by atoms with E-state index < -0.39 is 0 Å². The molecule has 0 radical (unpaired) electrons. The van der Waals surface area contributed by atoms with Crippen molar-refractivity contribution < 1.29 is 9.47 Å². The monoisotopic (exact) mass is 285 g/mol. The van der Waals surface area contributed by atoms with Crippen LogP contribution in [0.4, 0.5) is 0 Å². The van der Waals surface area contributed by atoms with Gasteiger partial charge >= 0.3 is 0 Å². The number of rotatable bonds is 5. The van der Waals surface area contributed by atoms with Crippen molar-refractivity contribution in [2.45, 2.75) is 6.42 Å². The molecular formula is C16H19N3O2. The smallest absolute Gasteiger partial charge is 0.163 e. The fourth-order valence-corrected chi connectivity index (χ4v) is 2.43. The van der Waals surface area contributed by atoms with Crippen LogP contribution < -0.4 is 14.8 Å². The number of nitrogens with zero attached hydrogens (tertiary/aromatic N) is 2. The molecule has 3 rings (SSSR count). The molecule has 2 heterocycles. The third-order valence-corrected chi connectivity index (χ3v) is 3.62. The highest BCUT2D eigenvalue weighted by atomic mass is 16.5. The van der Waals surface area contributed by atoms with E-state index in [0.29, 0.717) is 24.1 Å². The van der Waals surface area contributed by atoms with E-state index in [0.717, 1.165) is 24.4 Å². The van der Waals surface area contributed by atoms with Gasteiger partial charge in [0, 0.05) is 12.5 Å². The predicted octanol–water partition coefficient (Wildman–Crippen LogP) is 2.14. The first-order valence-corrected chi connectivity index (χ1v) is 7.16. The maximum Gasteiger partial charge on any atom is 0.163 e. The Morgan fingerprint density at radius 1 is 1.24 bits per heavy atom. The van der Waals surface area contributed by atoms with Gasteiger partial charge < -0.3 is 14.8 Å². The summed E-state index contributed by atoms with van der Waals surface area (Å²) >= 11 is 0. The van der Waals surface area contributed by atoms with Gasteiger partial charge in [0.2, 0.25) is 0 Å². The Morgan fingerprint density at radius 2 is 2.05 bits per heavy atom. The van der Waals surface area contributed by atoms with Crippen molar-refractivity contribution in [3.63, 3.8) is 0 Å². The van der Waals surface area contributed by atoms with Crippen LogP contribution in [0.15, 0.2) is 36.7 Å². The summed E-state index contributed by atoms with van der Waals surface area (Å²) in [6, 6.07) is 7.71. The van der Waals surface area contributed by atoms with Crippen LogP contribution in [0.2, 0.25) is 0 Å². The third-order valence-electron chi connectivity index (χ3n) is 3.62. The van der Waals surface area contributed by atoms with Gasteiger partial charge in [0.05, 0.1) is 31.7 Å². The second-order valence-corrected chi connectivity index (χ2v) is 5.11. The number of nitrogens with one attached hydrogen (secondary N) is 1. The Labute approximate surface area is 124 Å². The Hall–Kier alpha value is -2.14. The van der Waals surface area contributed by atoms with Gasteiger partial charge in [-0.3, -0.25) is 0 Å². The Morgan fingerprint density at radius 3 is 2.76 bits per heavy atom. The lowest BCUT2D eigenvalue weighted by Gasteiger charge is -2.11. The first-order chi connectivity index (χ1) is 10.4. The lowest BCUT2D eigenvalue weighted by Crippen LogP contribution is -2.15. The van der Waals surface area contributed by atoms with Crippen LogP contribution in [0.3, 0.4) is 0 Å². The molecular weight excluding hydrogens is 266 g/mol. The topological polar surface area (TPSA) is 56.3 Å². The molecule has 0 amide bonds. The quantitative estimate of drug-likeness (QED) is 0.912. The van der Waals surface area contributed by atoms with E-state index in [-0.39, 0.29) is 0 Å². The summed E-state index contributed by atoms with van der Waals surface area (Å²) in [5, 5.41) is 3.33. The normalized spacial score (nSPS) is 17.7. The minimum absolute atomic E-state index is 0.582. The minimum atomic E-state index is 0.582. The van der Waals surface area contributed by atoms with E-state index in [2.05, 4.69) is 15.3 Å². The Balaban J connectivity index is 1.68. The van der Waals surface area contributed by atoms with Crippen LogP contribution in [-0.4, -0.2) is 36.8 Å². The van der Waals surface area contributed by atoms with Crippen molar-refractivity contribution in [2.75, 3.05) is 26.8 Å². The summed E-state index contributed by atoms with van der Waals surface area (Å²) in [7, 11) is 1.64. The zero-order chi connectivity index (χ0) is 14.5. The maximum atomic E-state index is 5.74. The van der Waals surface area contributed by atoms with Gasteiger partial charge in [-0.2, -0.15) is 0 Å². The molecule has 21 heavy (non-hydrogen) atoms. The highest BCUT2D eigenvalue weighted by Crippen LogP contribution is 2.27. The SMILES string of the molecule is COc1ccccc1-c1ncc(OCC2CCNC2)cn1. The Kier molecular flexibility index (Phi) is 4.31. The number of aromatic nitrogens is 2. The average Bonchev–Trinajstić information content (AvgIpc) is 3.07. The highest BCUT2D eigenvalue weighted by Gasteiger charge is 2.15. The molecule has 1 aromatic carbocycles. The van der Waals surface area contributed by atoms with Gasteiger partial charge in [0.25, 0.3) is 0 Å². The van der Waals surface area contributed by atoms with E-state index in [4.69, 9.17) is 9.47 Å². The number of benzene rings is 1. The zero-order valence-corrected chi connectivity index (χ0v) is 12.1. The number of methoxy groups -OCH3 is 1.